The number of hydroxylamine groups is 1. The van der Waals surface area contributed by atoms with Gasteiger partial charge in [-0.15, -0.1) is 5.48 Å². The number of likely N-dealkylation sites (tertiary alicyclic amines) is 1. The Morgan fingerprint density at radius 3 is 2.94 bits per heavy atom. The predicted molar refractivity (Wildman–Crippen MR) is 60.6 cm³/mol. The van der Waals surface area contributed by atoms with E-state index in [9.17, 15) is 13.6 Å². The van der Waals surface area contributed by atoms with Gasteiger partial charge in [0.25, 0.3) is 0 Å². The normalized spacial score (nSPS) is 16.3. The van der Waals surface area contributed by atoms with Crippen LogP contribution >= 0.6 is 0 Å². The molecule has 0 spiro atoms. The molecule has 1 aromatic carbocycles. The molecule has 0 unspecified atom stereocenters. The van der Waals surface area contributed by atoms with Crippen LogP contribution in [0.25, 0.3) is 0 Å². The van der Waals surface area contributed by atoms with Crippen LogP contribution in [0.4, 0.5) is 8.78 Å². The van der Waals surface area contributed by atoms with Crippen LogP contribution in [0.3, 0.4) is 0 Å². The predicted octanol–water partition coefficient (Wildman–Crippen LogP) is 0.869. The number of benzene rings is 1. The van der Waals surface area contributed by atoms with E-state index in [1.54, 1.807) is 0 Å². The van der Waals surface area contributed by atoms with Crippen molar-refractivity contribution in [2.45, 2.75) is 12.5 Å². The largest absolute Gasteiger partial charge is 0.373 e. The summed E-state index contributed by atoms with van der Waals surface area (Å²) in [5, 5.41) is 0. The Hall–Kier alpha value is -1.53. The third-order valence-corrected chi connectivity index (χ3v) is 2.95. The van der Waals surface area contributed by atoms with Gasteiger partial charge in [0.1, 0.15) is 11.6 Å². The monoisotopic (exact) mass is 256 g/mol. The van der Waals surface area contributed by atoms with Gasteiger partial charge >= 0.3 is 6.47 Å². The fraction of sp³-hybridized carbons (Fsp3) is 0.417. The molecule has 4 nitrogen and oxygen atoms in total. The molecule has 0 aliphatic carbocycles. The van der Waals surface area contributed by atoms with E-state index < -0.39 is 5.82 Å². The van der Waals surface area contributed by atoms with Crippen LogP contribution in [-0.2, 0) is 16.1 Å². The second kappa shape index (κ2) is 5.88. The Morgan fingerprint density at radius 1 is 1.44 bits per heavy atom. The van der Waals surface area contributed by atoms with Gasteiger partial charge in [-0.2, -0.15) is 0 Å². The molecule has 1 N–H and O–H groups in total. The molecule has 18 heavy (non-hydrogen) atoms. The zero-order chi connectivity index (χ0) is 13.0. The van der Waals surface area contributed by atoms with E-state index in [1.165, 1.54) is 6.07 Å². The molecule has 1 saturated heterocycles. The van der Waals surface area contributed by atoms with Crippen molar-refractivity contribution in [3.63, 3.8) is 0 Å². The molecule has 1 aromatic rings. The molecular weight excluding hydrogens is 242 g/mol. The third-order valence-electron chi connectivity index (χ3n) is 2.95. The number of carbonyl (C=O) groups is 1. The first-order valence-corrected chi connectivity index (χ1v) is 5.70. The van der Waals surface area contributed by atoms with Gasteiger partial charge < -0.3 is 4.84 Å². The second-order valence-corrected chi connectivity index (χ2v) is 4.27. The maximum absolute atomic E-state index is 13.3. The zero-order valence-corrected chi connectivity index (χ0v) is 9.73. The molecule has 1 heterocycles. The third kappa shape index (κ3) is 3.24. The Morgan fingerprint density at radius 2 is 2.22 bits per heavy atom. The highest BCUT2D eigenvalue weighted by Gasteiger charge is 2.26. The maximum Gasteiger partial charge on any atom is 0.312 e. The standard InChI is InChI=1S/C12H14F2N2O2/c13-10-1-2-12(14)9(5-10)3-4-16-6-11(7-16)15-18-8-17/h1-2,5,8,11,15H,3-4,6-7H2. The number of hydrogen-bond donors (Lipinski definition) is 1. The summed E-state index contributed by atoms with van der Waals surface area (Å²) in [5.41, 5.74) is 2.96. The lowest BCUT2D eigenvalue weighted by molar-refractivity contribution is -0.139. The van der Waals surface area contributed by atoms with Crippen LogP contribution in [-0.4, -0.2) is 37.0 Å². The number of hydrogen-bond acceptors (Lipinski definition) is 4. The molecule has 0 bridgehead atoms. The molecule has 0 amide bonds. The van der Waals surface area contributed by atoms with E-state index in [-0.39, 0.29) is 11.9 Å². The van der Waals surface area contributed by atoms with Crippen LogP contribution in [0.15, 0.2) is 18.2 Å². The van der Waals surface area contributed by atoms with Crippen LogP contribution < -0.4 is 5.48 Å². The lowest BCUT2D eigenvalue weighted by Gasteiger charge is -2.38. The number of nitrogens with one attached hydrogen (secondary N) is 1. The smallest absolute Gasteiger partial charge is 0.312 e. The molecule has 0 aromatic heterocycles. The summed E-state index contributed by atoms with van der Waals surface area (Å²) < 4.78 is 26.3. The van der Waals surface area contributed by atoms with Crippen LogP contribution in [0.1, 0.15) is 5.56 Å². The highest BCUT2D eigenvalue weighted by molar-refractivity contribution is 5.36. The number of carbonyl (C=O) groups excluding carboxylic acids is 1. The molecule has 0 saturated carbocycles. The maximum atomic E-state index is 13.3. The van der Waals surface area contributed by atoms with Gasteiger partial charge in [-0.05, 0) is 30.2 Å². The van der Waals surface area contributed by atoms with Crippen LogP contribution in [0.5, 0.6) is 0 Å². The second-order valence-electron chi connectivity index (χ2n) is 4.27. The minimum Gasteiger partial charge on any atom is -0.373 e. The molecule has 1 fully saturated rings. The highest BCUT2D eigenvalue weighted by atomic mass is 19.1. The first-order valence-electron chi connectivity index (χ1n) is 5.70. The average Bonchev–Trinajstić information content (AvgIpc) is 2.31. The Bertz CT molecular complexity index is 423. The fourth-order valence-corrected chi connectivity index (χ4v) is 1.96. The van der Waals surface area contributed by atoms with Crippen molar-refractivity contribution in [2.24, 2.45) is 0 Å². The van der Waals surface area contributed by atoms with Crippen LogP contribution in [0.2, 0.25) is 0 Å². The molecule has 6 heteroatoms. The fourth-order valence-electron chi connectivity index (χ4n) is 1.96. The van der Waals surface area contributed by atoms with Crippen molar-refractivity contribution < 1.29 is 18.4 Å². The van der Waals surface area contributed by atoms with Gasteiger partial charge in [0.2, 0.25) is 0 Å². The first kappa shape index (κ1) is 12.9. The van der Waals surface area contributed by atoms with Gasteiger partial charge in [0.05, 0.1) is 6.04 Å². The van der Waals surface area contributed by atoms with E-state index in [1.807, 2.05) is 0 Å². The molecule has 0 atom stereocenters. The van der Waals surface area contributed by atoms with Crippen molar-refractivity contribution >= 4 is 6.47 Å². The summed E-state index contributed by atoms with van der Waals surface area (Å²) in [6.07, 6.45) is 0.463. The number of nitrogens with zero attached hydrogens (tertiary/aromatic N) is 1. The summed E-state index contributed by atoms with van der Waals surface area (Å²) in [7, 11) is 0. The summed E-state index contributed by atoms with van der Waals surface area (Å²) in [5.74, 6) is -0.801. The van der Waals surface area contributed by atoms with Gasteiger partial charge in [-0.25, -0.2) is 8.78 Å². The quantitative estimate of drug-likeness (QED) is 0.605. The average molecular weight is 256 g/mol. The summed E-state index contributed by atoms with van der Waals surface area (Å²) in [4.78, 5) is 16.4. The zero-order valence-electron chi connectivity index (χ0n) is 9.73. The van der Waals surface area contributed by atoms with Crippen molar-refractivity contribution in [3.8, 4) is 0 Å². The topological polar surface area (TPSA) is 41.6 Å². The number of rotatable bonds is 6. The molecule has 0 radical (unpaired) electrons. The summed E-state index contributed by atoms with van der Waals surface area (Å²) in [6.45, 7) is 2.44. The van der Waals surface area contributed by atoms with Gasteiger partial charge in [0.15, 0.2) is 0 Å². The van der Waals surface area contributed by atoms with Crippen molar-refractivity contribution in [3.05, 3.63) is 35.4 Å². The van der Waals surface area contributed by atoms with E-state index in [2.05, 4.69) is 15.2 Å². The highest BCUT2D eigenvalue weighted by Crippen LogP contribution is 2.13. The molecule has 1 aliphatic heterocycles. The van der Waals surface area contributed by atoms with Gasteiger partial charge in [0, 0.05) is 19.6 Å². The Labute approximate surface area is 103 Å². The summed E-state index contributed by atoms with van der Waals surface area (Å²) >= 11 is 0. The van der Waals surface area contributed by atoms with E-state index >= 15 is 0 Å². The molecule has 1 aliphatic rings. The SMILES string of the molecule is O=CONC1CN(CCc2cc(F)ccc2F)C1. The van der Waals surface area contributed by atoms with Crippen molar-refractivity contribution in [1.29, 1.82) is 0 Å². The molecule has 98 valence electrons. The lowest BCUT2D eigenvalue weighted by Crippen LogP contribution is -2.58. The van der Waals surface area contributed by atoms with E-state index in [0.29, 0.717) is 25.0 Å². The molecular formula is C12H14F2N2O2. The van der Waals surface area contributed by atoms with Crippen molar-refractivity contribution in [2.75, 3.05) is 19.6 Å². The summed E-state index contributed by atoms with van der Waals surface area (Å²) in [6, 6.07) is 3.59. The molecule has 2 rings (SSSR count). The Kier molecular flexibility index (Phi) is 4.22. The lowest BCUT2D eigenvalue weighted by atomic mass is 10.1. The minimum absolute atomic E-state index is 0.118. The van der Waals surface area contributed by atoms with E-state index in [4.69, 9.17) is 0 Å². The Balaban J connectivity index is 1.73. The number of halogens is 2. The van der Waals surface area contributed by atoms with Gasteiger partial charge in [-0.1, -0.05) is 0 Å². The first-order chi connectivity index (χ1) is 8.69. The minimum atomic E-state index is -0.422. The van der Waals surface area contributed by atoms with Crippen LogP contribution in [0, 0.1) is 11.6 Å². The van der Waals surface area contributed by atoms with E-state index in [0.717, 1.165) is 25.2 Å². The van der Waals surface area contributed by atoms with Gasteiger partial charge in [-0.3, -0.25) is 9.69 Å². The van der Waals surface area contributed by atoms with Crippen molar-refractivity contribution in [1.82, 2.24) is 10.4 Å².